The summed E-state index contributed by atoms with van der Waals surface area (Å²) in [5, 5.41) is 0. The Morgan fingerprint density at radius 1 is 0.554 bits per heavy atom. The second-order valence-electron chi connectivity index (χ2n) is 19.7. The zero-order valence-corrected chi connectivity index (χ0v) is 34.6. The van der Waals surface area contributed by atoms with Crippen LogP contribution in [0.25, 0.3) is 23.3 Å². The molecular formula is C54H56N2. The lowest BCUT2D eigenvalue weighted by Gasteiger charge is -2.42. The van der Waals surface area contributed by atoms with Gasteiger partial charge in [0.2, 0.25) is 0 Å². The van der Waals surface area contributed by atoms with E-state index in [0.717, 1.165) is 25.9 Å². The van der Waals surface area contributed by atoms with Gasteiger partial charge in [-0.15, -0.1) is 0 Å². The lowest BCUT2D eigenvalue weighted by Crippen LogP contribution is -2.37. The van der Waals surface area contributed by atoms with Gasteiger partial charge in [0.15, 0.2) is 0 Å². The van der Waals surface area contributed by atoms with Gasteiger partial charge in [-0.05, 0) is 121 Å². The summed E-state index contributed by atoms with van der Waals surface area (Å²) in [4.78, 5) is 5.12. The summed E-state index contributed by atoms with van der Waals surface area (Å²) in [6.07, 6.45) is 14.4. The third-order valence-corrected chi connectivity index (χ3v) is 14.7. The predicted molar refractivity (Wildman–Crippen MR) is 238 cm³/mol. The van der Waals surface area contributed by atoms with Gasteiger partial charge in [-0.2, -0.15) is 0 Å². The van der Waals surface area contributed by atoms with Gasteiger partial charge in [0.05, 0.1) is 0 Å². The Balaban J connectivity index is 0.909. The summed E-state index contributed by atoms with van der Waals surface area (Å²) in [7, 11) is 0. The van der Waals surface area contributed by atoms with Crippen molar-refractivity contribution in [2.24, 2.45) is 5.92 Å². The fourth-order valence-electron chi connectivity index (χ4n) is 11.1. The maximum Gasteiger partial charge on any atom is 0.0448 e. The molecule has 2 nitrogen and oxygen atoms in total. The molecule has 2 heterocycles. The van der Waals surface area contributed by atoms with E-state index in [9.17, 15) is 0 Å². The first-order valence-corrected chi connectivity index (χ1v) is 21.0. The molecule has 5 aromatic carbocycles. The van der Waals surface area contributed by atoms with Crippen LogP contribution >= 0.6 is 0 Å². The third kappa shape index (κ3) is 5.28. The van der Waals surface area contributed by atoms with Crippen LogP contribution in [-0.2, 0) is 21.7 Å². The SMILES string of the molecule is CC1(C)CCN(C2=CC3[C@H](C=C2)c2ccc(/C=C/c4ccc5c(c4)C(C)(C)c4cc(N6CCC(C)(C)c7ccccc76)ccc4-5)cc2C3(C)C)c2ccccc21. The number of benzene rings is 5. The van der Waals surface area contributed by atoms with Crippen molar-refractivity contribution in [2.75, 3.05) is 22.9 Å². The van der Waals surface area contributed by atoms with Crippen molar-refractivity contribution in [2.45, 2.75) is 95.8 Å². The van der Waals surface area contributed by atoms with Crippen molar-refractivity contribution in [1.29, 1.82) is 0 Å². The summed E-state index contributed by atoms with van der Waals surface area (Å²) >= 11 is 0. The van der Waals surface area contributed by atoms with E-state index in [4.69, 9.17) is 0 Å². The maximum absolute atomic E-state index is 2.59. The lowest BCUT2D eigenvalue weighted by molar-refractivity contribution is 0.390. The standard InChI is InChI=1S/C54H56N2/c1-51(2)27-29-55(49-15-11-9-13-43(49)51)37-21-25-41-39-23-19-35(31-45(39)53(5,6)47(41)33-37)17-18-36-20-24-40-42-26-22-38(34-48(42)54(7,8)46(40)32-36)56-30-28-52(3,4)44-14-10-12-16-50(44)56/h9-26,31-34,41,47H,27-30H2,1-8H3/b18-17+/t41-,47?/m1/s1. The molecule has 0 N–H and O–H groups in total. The van der Waals surface area contributed by atoms with Crippen LogP contribution in [-0.4, -0.2) is 13.1 Å². The van der Waals surface area contributed by atoms with Crippen LogP contribution in [0.15, 0.2) is 127 Å². The average Bonchev–Trinajstić information content (AvgIpc) is 3.55. The summed E-state index contributed by atoms with van der Waals surface area (Å²) in [6.45, 7) is 21.4. The van der Waals surface area contributed by atoms with E-state index in [1.165, 1.54) is 78.4 Å². The van der Waals surface area contributed by atoms with Crippen LogP contribution in [0.3, 0.4) is 0 Å². The van der Waals surface area contributed by atoms with E-state index < -0.39 is 0 Å². The molecule has 0 fully saturated rings. The Hall–Kier alpha value is -5.08. The van der Waals surface area contributed by atoms with Gasteiger partial charge in [-0.1, -0.05) is 159 Å². The minimum Gasteiger partial charge on any atom is -0.341 e. The first-order chi connectivity index (χ1) is 26.7. The molecule has 2 aliphatic heterocycles. The average molecular weight is 733 g/mol. The highest BCUT2D eigenvalue weighted by Crippen LogP contribution is 2.55. The highest BCUT2D eigenvalue weighted by atomic mass is 15.2. The molecule has 5 aromatic rings. The number of hydrogen-bond donors (Lipinski definition) is 0. The van der Waals surface area contributed by atoms with Gasteiger partial charge >= 0.3 is 0 Å². The quantitative estimate of drug-likeness (QED) is 0.170. The van der Waals surface area contributed by atoms with Gasteiger partial charge in [0.1, 0.15) is 0 Å². The van der Waals surface area contributed by atoms with Gasteiger partial charge < -0.3 is 9.80 Å². The number of hydrogen-bond acceptors (Lipinski definition) is 2. The number of rotatable bonds is 4. The van der Waals surface area contributed by atoms with Crippen LogP contribution in [0.1, 0.15) is 119 Å². The molecule has 1 unspecified atom stereocenters. The molecule has 3 aliphatic carbocycles. The van der Waals surface area contributed by atoms with Crippen LogP contribution in [0.5, 0.6) is 0 Å². The highest BCUT2D eigenvalue weighted by Gasteiger charge is 2.46. The van der Waals surface area contributed by atoms with Gasteiger partial charge in [-0.25, -0.2) is 0 Å². The van der Waals surface area contributed by atoms with E-state index in [1.807, 2.05) is 0 Å². The molecule has 5 aliphatic rings. The first-order valence-electron chi connectivity index (χ1n) is 21.0. The molecule has 0 saturated carbocycles. The molecule has 10 rings (SSSR count). The molecule has 0 spiro atoms. The van der Waals surface area contributed by atoms with Crippen molar-refractivity contribution < 1.29 is 0 Å². The molecule has 282 valence electrons. The summed E-state index contributed by atoms with van der Waals surface area (Å²) in [5.41, 5.74) is 19.7. The van der Waals surface area contributed by atoms with Crippen LogP contribution in [0.4, 0.5) is 17.1 Å². The van der Waals surface area contributed by atoms with E-state index in [-0.39, 0.29) is 21.7 Å². The normalized spacial score (nSPS) is 22.8. The molecule has 0 radical (unpaired) electrons. The minimum absolute atomic E-state index is 0.0309. The largest absolute Gasteiger partial charge is 0.341 e. The second-order valence-corrected chi connectivity index (χ2v) is 19.7. The van der Waals surface area contributed by atoms with E-state index in [2.05, 4.69) is 199 Å². The molecule has 0 saturated heterocycles. The fraction of sp³-hybridized carbons (Fsp3) is 0.333. The van der Waals surface area contributed by atoms with Crippen molar-refractivity contribution in [3.8, 4) is 11.1 Å². The van der Waals surface area contributed by atoms with Crippen LogP contribution < -0.4 is 9.80 Å². The molecule has 2 atom stereocenters. The fourth-order valence-corrected chi connectivity index (χ4v) is 11.1. The molecule has 56 heavy (non-hydrogen) atoms. The molecule has 0 aromatic heterocycles. The topological polar surface area (TPSA) is 6.48 Å². The zero-order chi connectivity index (χ0) is 38.8. The van der Waals surface area contributed by atoms with E-state index >= 15 is 0 Å². The molecular weight excluding hydrogens is 677 g/mol. The Kier molecular flexibility index (Phi) is 7.71. The molecule has 0 amide bonds. The minimum atomic E-state index is -0.0840. The second kappa shape index (κ2) is 12.2. The first kappa shape index (κ1) is 35.3. The highest BCUT2D eigenvalue weighted by molar-refractivity contribution is 5.85. The smallest absolute Gasteiger partial charge is 0.0448 e. The van der Waals surface area contributed by atoms with Gasteiger partial charge in [-0.3, -0.25) is 0 Å². The van der Waals surface area contributed by atoms with Crippen LogP contribution in [0.2, 0.25) is 0 Å². The number of fused-ring (bicyclic) bond motifs is 8. The van der Waals surface area contributed by atoms with Crippen molar-refractivity contribution >= 4 is 29.2 Å². The number of allylic oxidation sites excluding steroid dienone is 3. The lowest BCUT2D eigenvalue weighted by atomic mass is 9.73. The van der Waals surface area contributed by atoms with Crippen molar-refractivity contribution in [1.82, 2.24) is 0 Å². The molecule has 2 heteroatoms. The number of para-hydroxylation sites is 2. The van der Waals surface area contributed by atoms with Gasteiger partial charge in [0.25, 0.3) is 0 Å². The Bertz CT molecular complexity index is 2520. The van der Waals surface area contributed by atoms with Crippen LogP contribution in [0, 0.1) is 5.92 Å². The predicted octanol–water partition coefficient (Wildman–Crippen LogP) is 13.6. The maximum atomic E-state index is 2.59. The van der Waals surface area contributed by atoms with E-state index in [1.54, 1.807) is 0 Å². The summed E-state index contributed by atoms with van der Waals surface area (Å²) < 4.78 is 0. The zero-order valence-electron chi connectivity index (χ0n) is 34.6. The Labute approximate surface area is 335 Å². The monoisotopic (exact) mass is 732 g/mol. The number of nitrogens with zero attached hydrogens (tertiary/aromatic N) is 2. The Morgan fingerprint density at radius 2 is 1.11 bits per heavy atom. The van der Waals surface area contributed by atoms with Gasteiger partial charge in [0, 0.05) is 47.2 Å². The van der Waals surface area contributed by atoms with Crippen molar-refractivity contribution in [3.05, 3.63) is 172 Å². The van der Waals surface area contributed by atoms with Crippen molar-refractivity contribution in [3.63, 3.8) is 0 Å². The van der Waals surface area contributed by atoms with E-state index in [0.29, 0.717) is 11.8 Å². The molecule has 0 bridgehead atoms. The third-order valence-electron chi connectivity index (χ3n) is 14.7. The summed E-state index contributed by atoms with van der Waals surface area (Å²) in [6, 6.07) is 39.5. The summed E-state index contributed by atoms with van der Waals surface area (Å²) in [5.74, 6) is 0.840. The number of anilines is 3. The Morgan fingerprint density at radius 3 is 1.79 bits per heavy atom.